The molecule has 0 radical (unpaired) electrons. The van der Waals surface area contributed by atoms with Gasteiger partial charge in [0.2, 0.25) is 0 Å². The molecule has 68 valence electrons. The molecular formula is C9H19IO. The van der Waals surface area contributed by atoms with E-state index in [0.717, 1.165) is 18.4 Å². The fourth-order valence-corrected chi connectivity index (χ4v) is 1.81. The molecule has 0 amide bonds. The van der Waals surface area contributed by atoms with E-state index in [2.05, 4.69) is 27.7 Å². The largest absolute Gasteiger partial charge is 0.316 e. The third-order valence-corrected chi connectivity index (χ3v) is 2.50. The fraction of sp³-hybridized carbons (Fsp3) is 1.00. The molecule has 0 bridgehead atoms. The Hall–Kier alpha value is 0.690. The minimum absolute atomic E-state index is 0.689. The third-order valence-electron chi connectivity index (χ3n) is 2.14. The molecule has 11 heavy (non-hydrogen) atoms. The quantitative estimate of drug-likeness (QED) is 0.692. The summed E-state index contributed by atoms with van der Waals surface area (Å²) < 4.78 is 5.08. The van der Waals surface area contributed by atoms with Gasteiger partial charge in [0, 0.05) is 0 Å². The maximum Gasteiger partial charge on any atom is 0.109 e. The van der Waals surface area contributed by atoms with Gasteiger partial charge in [-0.1, -0.05) is 27.7 Å². The molecule has 0 saturated carbocycles. The van der Waals surface area contributed by atoms with Crippen molar-refractivity contribution in [3.63, 3.8) is 0 Å². The van der Waals surface area contributed by atoms with E-state index in [9.17, 15) is 0 Å². The smallest absolute Gasteiger partial charge is 0.109 e. The predicted octanol–water partition coefficient (Wildman–Crippen LogP) is 3.67. The summed E-state index contributed by atoms with van der Waals surface area (Å²) in [4.78, 5) is 0. The minimum Gasteiger partial charge on any atom is -0.316 e. The van der Waals surface area contributed by atoms with Gasteiger partial charge in [-0.15, -0.1) is 0 Å². The Bertz CT molecular complexity index is 93.6. The normalized spacial score (nSPS) is 16.9. The monoisotopic (exact) mass is 270 g/mol. The predicted molar refractivity (Wildman–Crippen MR) is 57.8 cm³/mol. The molecule has 2 atom stereocenters. The van der Waals surface area contributed by atoms with E-state index in [1.165, 1.54) is 6.42 Å². The second-order valence-electron chi connectivity index (χ2n) is 3.86. The zero-order valence-electron chi connectivity index (χ0n) is 7.93. The van der Waals surface area contributed by atoms with Crippen LogP contribution in [0.15, 0.2) is 0 Å². The lowest BCUT2D eigenvalue weighted by molar-refractivity contribution is 0.243. The molecule has 0 N–H and O–H groups in total. The first-order valence-electron chi connectivity index (χ1n) is 4.31. The number of halogens is 1. The van der Waals surface area contributed by atoms with Gasteiger partial charge < -0.3 is 3.07 Å². The van der Waals surface area contributed by atoms with E-state index in [1.807, 2.05) is 23.0 Å². The summed E-state index contributed by atoms with van der Waals surface area (Å²) in [6.45, 7) is 9.99. The number of hydrogen-bond acceptors (Lipinski definition) is 1. The van der Waals surface area contributed by atoms with E-state index in [4.69, 9.17) is 3.07 Å². The molecule has 0 fully saturated rings. The molecule has 1 nitrogen and oxygen atoms in total. The maximum absolute atomic E-state index is 5.08. The van der Waals surface area contributed by atoms with Gasteiger partial charge in [0.25, 0.3) is 0 Å². The highest BCUT2D eigenvalue weighted by molar-refractivity contribution is 14.1. The van der Waals surface area contributed by atoms with E-state index in [-0.39, 0.29) is 0 Å². The number of rotatable bonds is 5. The summed E-state index contributed by atoms with van der Waals surface area (Å²) in [5.41, 5.74) is 0. The fourth-order valence-electron chi connectivity index (χ4n) is 1.24. The van der Waals surface area contributed by atoms with Gasteiger partial charge in [-0.25, -0.2) is 0 Å². The summed E-state index contributed by atoms with van der Waals surface area (Å²) in [6.07, 6.45) is 1.31. The van der Waals surface area contributed by atoms with Crippen LogP contribution in [0, 0.1) is 17.8 Å². The lowest BCUT2D eigenvalue weighted by Gasteiger charge is -2.19. The van der Waals surface area contributed by atoms with Gasteiger partial charge in [0.15, 0.2) is 0 Å². The van der Waals surface area contributed by atoms with Crippen molar-refractivity contribution in [3.8, 4) is 0 Å². The Morgan fingerprint density at radius 2 is 1.64 bits per heavy atom. The zero-order chi connectivity index (χ0) is 8.85. The molecule has 2 heteroatoms. The van der Waals surface area contributed by atoms with Gasteiger partial charge in [0.1, 0.15) is 23.0 Å². The van der Waals surface area contributed by atoms with Crippen molar-refractivity contribution in [1.29, 1.82) is 0 Å². The molecule has 0 heterocycles. The van der Waals surface area contributed by atoms with Crippen LogP contribution in [0.5, 0.6) is 0 Å². The zero-order valence-corrected chi connectivity index (χ0v) is 10.1. The summed E-state index contributed by atoms with van der Waals surface area (Å²) in [6, 6.07) is 0. The van der Waals surface area contributed by atoms with Gasteiger partial charge in [-0.2, -0.15) is 0 Å². The first kappa shape index (κ1) is 11.7. The lowest BCUT2D eigenvalue weighted by Crippen LogP contribution is -2.14. The first-order valence-corrected chi connectivity index (χ1v) is 5.19. The van der Waals surface area contributed by atoms with E-state index >= 15 is 0 Å². The van der Waals surface area contributed by atoms with Crippen LogP contribution in [0.4, 0.5) is 0 Å². The molecule has 0 spiro atoms. The van der Waals surface area contributed by atoms with Crippen molar-refractivity contribution < 1.29 is 3.07 Å². The van der Waals surface area contributed by atoms with E-state index in [0.29, 0.717) is 5.92 Å². The van der Waals surface area contributed by atoms with Crippen LogP contribution in [-0.2, 0) is 3.07 Å². The molecule has 0 saturated heterocycles. The van der Waals surface area contributed by atoms with Crippen LogP contribution in [0.1, 0.15) is 34.1 Å². The van der Waals surface area contributed by atoms with Crippen LogP contribution < -0.4 is 0 Å². The molecule has 0 rings (SSSR count). The van der Waals surface area contributed by atoms with Crippen molar-refractivity contribution in [2.24, 2.45) is 17.8 Å². The lowest BCUT2D eigenvalue weighted by atomic mass is 9.89. The molecule has 0 aliphatic rings. The van der Waals surface area contributed by atoms with E-state index < -0.39 is 0 Å². The Kier molecular flexibility index (Phi) is 6.62. The molecule has 0 aromatic rings. The average molecular weight is 270 g/mol. The Morgan fingerprint density at radius 1 is 1.09 bits per heavy atom. The second-order valence-corrected chi connectivity index (χ2v) is 4.48. The van der Waals surface area contributed by atoms with Crippen molar-refractivity contribution in [1.82, 2.24) is 0 Å². The molecular weight excluding hydrogens is 251 g/mol. The topological polar surface area (TPSA) is 9.23 Å². The van der Waals surface area contributed by atoms with Crippen LogP contribution >= 0.6 is 23.0 Å². The van der Waals surface area contributed by atoms with Gasteiger partial charge in [-0.3, -0.25) is 0 Å². The molecule has 0 aromatic heterocycles. The van der Waals surface area contributed by atoms with Crippen molar-refractivity contribution in [2.75, 3.05) is 6.61 Å². The highest BCUT2D eigenvalue weighted by Crippen LogP contribution is 2.20. The van der Waals surface area contributed by atoms with Crippen LogP contribution in [0.25, 0.3) is 0 Å². The molecule has 2 unspecified atom stereocenters. The number of hydrogen-bond donors (Lipinski definition) is 0. The Labute approximate surface area is 84.6 Å². The molecule has 0 aliphatic heterocycles. The summed E-state index contributed by atoms with van der Waals surface area (Å²) in [5, 5.41) is 0. The third kappa shape index (κ3) is 5.91. The van der Waals surface area contributed by atoms with Crippen LogP contribution in [0.2, 0.25) is 0 Å². The molecule has 0 aromatic carbocycles. The Morgan fingerprint density at radius 3 is 2.00 bits per heavy atom. The first-order chi connectivity index (χ1) is 5.07. The van der Waals surface area contributed by atoms with Gasteiger partial charge in [0.05, 0.1) is 6.61 Å². The standard InChI is InChI=1S/C9H19IO/c1-7(2)5-8(3)9(4)6-11-10/h7-9H,5-6H2,1-4H3. The summed E-state index contributed by atoms with van der Waals surface area (Å²) in [7, 11) is 0. The Balaban J connectivity index is 3.54. The van der Waals surface area contributed by atoms with Crippen molar-refractivity contribution in [2.45, 2.75) is 34.1 Å². The van der Waals surface area contributed by atoms with E-state index in [1.54, 1.807) is 0 Å². The average Bonchev–Trinajstić information content (AvgIpc) is 1.86. The molecule has 0 aliphatic carbocycles. The minimum atomic E-state index is 0.689. The van der Waals surface area contributed by atoms with Crippen LogP contribution in [-0.4, -0.2) is 6.61 Å². The summed E-state index contributed by atoms with van der Waals surface area (Å²) >= 11 is 1.97. The SMILES string of the molecule is CC(C)CC(C)C(C)COI. The van der Waals surface area contributed by atoms with Crippen molar-refractivity contribution >= 4 is 23.0 Å². The highest BCUT2D eigenvalue weighted by atomic mass is 127. The van der Waals surface area contributed by atoms with Crippen LogP contribution in [0.3, 0.4) is 0 Å². The summed E-state index contributed by atoms with van der Waals surface area (Å²) in [5.74, 6) is 2.28. The van der Waals surface area contributed by atoms with Gasteiger partial charge in [-0.05, 0) is 24.2 Å². The van der Waals surface area contributed by atoms with Gasteiger partial charge >= 0.3 is 0 Å². The maximum atomic E-state index is 5.08. The van der Waals surface area contributed by atoms with Crippen molar-refractivity contribution in [3.05, 3.63) is 0 Å². The highest BCUT2D eigenvalue weighted by Gasteiger charge is 2.13. The second kappa shape index (κ2) is 6.23.